The zero-order chi connectivity index (χ0) is 25.7. The van der Waals surface area contributed by atoms with Crippen molar-refractivity contribution in [2.75, 3.05) is 0 Å². The average molecular weight is 490 g/mol. The molecule has 0 fully saturated rings. The summed E-state index contributed by atoms with van der Waals surface area (Å²) < 4.78 is 11.6. The van der Waals surface area contributed by atoms with Gasteiger partial charge < -0.3 is 9.47 Å². The highest BCUT2D eigenvalue weighted by atomic mass is 31.2. The quantitative estimate of drug-likeness (QED) is 0.259. The van der Waals surface area contributed by atoms with Crippen molar-refractivity contribution in [3.8, 4) is 0 Å². The van der Waals surface area contributed by atoms with E-state index in [0.29, 0.717) is 5.31 Å². The van der Waals surface area contributed by atoms with Crippen LogP contribution in [0.5, 0.6) is 0 Å². The first kappa shape index (κ1) is 26.4. The van der Waals surface area contributed by atoms with Crippen molar-refractivity contribution < 1.29 is 19.1 Å². The third-order valence-electron chi connectivity index (χ3n) is 5.06. The number of carbonyl (C=O) groups excluding carboxylic acids is 2. The Morgan fingerprint density at radius 3 is 1.26 bits per heavy atom. The predicted molar refractivity (Wildman–Crippen MR) is 145 cm³/mol. The van der Waals surface area contributed by atoms with Crippen LogP contribution in [0.15, 0.2) is 102 Å². The Labute approximate surface area is 209 Å². The largest absolute Gasteiger partial charge is 0.457 e. The highest BCUT2D eigenvalue weighted by Crippen LogP contribution is 2.63. The average Bonchev–Trinajstić information content (AvgIpc) is 2.79. The maximum atomic E-state index is 14.0. The van der Waals surface area contributed by atoms with Crippen molar-refractivity contribution in [3.05, 3.63) is 102 Å². The summed E-state index contributed by atoms with van der Waals surface area (Å²) in [6.45, 7) is 10.9. The number of carbonyl (C=O) groups is 2. The molecule has 0 heterocycles. The first-order chi connectivity index (χ1) is 16.4. The van der Waals surface area contributed by atoms with E-state index in [-0.39, 0.29) is 0 Å². The van der Waals surface area contributed by atoms with E-state index in [1.165, 1.54) is 6.08 Å². The molecule has 3 rings (SSSR count). The lowest BCUT2D eigenvalue weighted by molar-refractivity contribution is -0.152. The van der Waals surface area contributed by atoms with E-state index in [1.807, 2.05) is 112 Å². The summed E-state index contributed by atoms with van der Waals surface area (Å²) in [5.74, 6) is -1.11. The molecule has 0 aliphatic rings. The normalized spacial score (nSPS) is 12.7. The van der Waals surface area contributed by atoms with Crippen molar-refractivity contribution in [1.82, 2.24) is 0 Å². The highest BCUT2D eigenvalue weighted by Gasteiger charge is 2.54. The number of rotatable bonds is 6. The lowest BCUT2D eigenvalue weighted by Crippen LogP contribution is -2.37. The van der Waals surface area contributed by atoms with Crippen LogP contribution in [0.3, 0.4) is 0 Å². The Hall–Kier alpha value is -3.23. The smallest absolute Gasteiger partial charge is 0.375 e. The minimum absolute atomic E-state index is 0.297. The molecule has 0 atom stereocenters. The van der Waals surface area contributed by atoms with Gasteiger partial charge in [-0.15, -0.1) is 0 Å². The molecular formula is C30H34O4P+. The monoisotopic (exact) mass is 489 g/mol. The van der Waals surface area contributed by atoms with Crippen molar-refractivity contribution in [3.63, 3.8) is 0 Å². The van der Waals surface area contributed by atoms with Crippen LogP contribution < -0.4 is 15.9 Å². The number of benzene rings is 3. The standard InChI is InChI=1S/C30H34O4P/c1-29(2,3)33-27(31)22-26(28(32)34-30(4,5)6)35(23-16-10-7-11-17-23,24-18-12-8-13-19-24)25-20-14-9-15-21-25/h7-22H,1-6H3/q+1/b26-22+. The Bertz CT molecular complexity index is 1080. The van der Waals surface area contributed by atoms with Gasteiger partial charge in [0.25, 0.3) is 0 Å². The minimum atomic E-state index is -2.84. The first-order valence-electron chi connectivity index (χ1n) is 11.7. The Morgan fingerprint density at radius 1 is 0.600 bits per heavy atom. The molecule has 0 aromatic heterocycles. The lowest BCUT2D eigenvalue weighted by atomic mass is 10.2. The molecule has 5 heteroatoms. The van der Waals surface area contributed by atoms with E-state index in [9.17, 15) is 9.59 Å². The molecule has 3 aromatic carbocycles. The van der Waals surface area contributed by atoms with Crippen LogP contribution in [0, 0.1) is 0 Å². The van der Waals surface area contributed by atoms with Gasteiger partial charge in [-0.05, 0) is 77.9 Å². The van der Waals surface area contributed by atoms with Gasteiger partial charge in [-0.25, -0.2) is 9.59 Å². The highest BCUT2D eigenvalue weighted by molar-refractivity contribution is 7.99. The first-order valence-corrected chi connectivity index (χ1v) is 13.5. The van der Waals surface area contributed by atoms with Gasteiger partial charge in [-0.1, -0.05) is 54.6 Å². The second kappa shape index (κ2) is 10.6. The molecule has 0 saturated heterocycles. The molecule has 182 valence electrons. The molecule has 0 spiro atoms. The van der Waals surface area contributed by atoms with Crippen LogP contribution in [0.2, 0.25) is 0 Å². The molecular weight excluding hydrogens is 455 g/mol. The minimum Gasteiger partial charge on any atom is -0.457 e. The fourth-order valence-electron chi connectivity index (χ4n) is 3.89. The molecule has 0 N–H and O–H groups in total. The van der Waals surface area contributed by atoms with Crippen LogP contribution in [-0.2, 0) is 19.1 Å². The third kappa shape index (κ3) is 6.46. The molecule has 0 aliphatic carbocycles. The van der Waals surface area contributed by atoms with E-state index >= 15 is 0 Å². The Kier molecular flexibility index (Phi) is 7.97. The molecule has 3 aromatic rings. The zero-order valence-corrected chi connectivity index (χ0v) is 22.2. The topological polar surface area (TPSA) is 52.6 Å². The number of hydrogen-bond donors (Lipinski definition) is 0. The van der Waals surface area contributed by atoms with Gasteiger partial charge in [0.05, 0.1) is 6.08 Å². The van der Waals surface area contributed by atoms with Gasteiger partial charge in [-0.2, -0.15) is 0 Å². The van der Waals surface area contributed by atoms with Crippen LogP contribution in [0.25, 0.3) is 0 Å². The summed E-state index contributed by atoms with van der Waals surface area (Å²) in [4.78, 5) is 27.1. The fraction of sp³-hybridized carbons (Fsp3) is 0.267. The molecule has 35 heavy (non-hydrogen) atoms. The van der Waals surface area contributed by atoms with Crippen LogP contribution >= 0.6 is 7.26 Å². The van der Waals surface area contributed by atoms with Crippen LogP contribution in [0.4, 0.5) is 0 Å². The van der Waals surface area contributed by atoms with E-state index < -0.39 is 30.4 Å². The maximum absolute atomic E-state index is 14.0. The Morgan fingerprint density at radius 2 is 0.943 bits per heavy atom. The third-order valence-corrected chi connectivity index (χ3v) is 9.31. The van der Waals surface area contributed by atoms with Crippen molar-refractivity contribution >= 4 is 35.1 Å². The zero-order valence-electron chi connectivity index (χ0n) is 21.3. The summed E-state index contributed by atoms with van der Waals surface area (Å²) in [7, 11) is -2.84. The molecule has 0 bridgehead atoms. The van der Waals surface area contributed by atoms with Crippen LogP contribution in [0.1, 0.15) is 41.5 Å². The molecule has 0 amide bonds. The van der Waals surface area contributed by atoms with E-state index in [4.69, 9.17) is 9.47 Å². The molecule has 4 nitrogen and oxygen atoms in total. The van der Waals surface area contributed by atoms with E-state index in [1.54, 1.807) is 20.8 Å². The maximum Gasteiger partial charge on any atom is 0.375 e. The summed E-state index contributed by atoms with van der Waals surface area (Å²) in [6, 6.07) is 29.6. The molecule has 0 radical (unpaired) electrons. The van der Waals surface area contributed by atoms with Gasteiger partial charge in [-0.3, -0.25) is 0 Å². The van der Waals surface area contributed by atoms with Crippen molar-refractivity contribution in [1.29, 1.82) is 0 Å². The van der Waals surface area contributed by atoms with Gasteiger partial charge in [0, 0.05) is 0 Å². The van der Waals surface area contributed by atoms with Crippen molar-refractivity contribution in [2.24, 2.45) is 0 Å². The van der Waals surface area contributed by atoms with Gasteiger partial charge in [0.15, 0.2) is 7.26 Å². The van der Waals surface area contributed by atoms with E-state index in [0.717, 1.165) is 15.9 Å². The number of hydrogen-bond acceptors (Lipinski definition) is 4. The fourth-order valence-corrected chi connectivity index (χ4v) is 8.09. The second-order valence-electron chi connectivity index (χ2n) is 10.2. The summed E-state index contributed by atoms with van der Waals surface area (Å²) in [5, 5.41) is 3.12. The lowest BCUT2D eigenvalue weighted by Gasteiger charge is -2.30. The summed E-state index contributed by atoms with van der Waals surface area (Å²) in [5.41, 5.74) is -1.45. The molecule has 0 unspecified atom stereocenters. The predicted octanol–water partition coefficient (Wildman–Crippen LogP) is 5.55. The van der Waals surface area contributed by atoms with Crippen LogP contribution in [-0.4, -0.2) is 23.1 Å². The van der Waals surface area contributed by atoms with Gasteiger partial charge in [0.2, 0.25) is 5.31 Å². The second-order valence-corrected chi connectivity index (χ2v) is 13.6. The van der Waals surface area contributed by atoms with Gasteiger partial charge in [0.1, 0.15) is 27.1 Å². The summed E-state index contributed by atoms with van der Waals surface area (Å²) >= 11 is 0. The molecule has 0 saturated carbocycles. The van der Waals surface area contributed by atoms with Gasteiger partial charge >= 0.3 is 11.9 Å². The SMILES string of the molecule is CC(C)(C)OC(=O)/C=C(\C(=O)OC(C)(C)C)[P+](c1ccccc1)(c1ccccc1)c1ccccc1. The summed E-state index contributed by atoms with van der Waals surface area (Å²) in [6.07, 6.45) is 1.35. The van der Waals surface area contributed by atoms with Crippen molar-refractivity contribution in [2.45, 2.75) is 52.7 Å². The molecule has 0 aliphatic heterocycles. The number of ether oxygens (including phenoxy) is 2. The van der Waals surface area contributed by atoms with E-state index in [2.05, 4.69) is 0 Å². The Balaban J connectivity index is 2.44. The number of esters is 2.